The van der Waals surface area contributed by atoms with Gasteiger partial charge in [-0.1, -0.05) is 59.1 Å². The van der Waals surface area contributed by atoms with Crippen molar-refractivity contribution < 1.29 is 27.7 Å². The van der Waals surface area contributed by atoms with E-state index in [0.717, 1.165) is 69.1 Å². The van der Waals surface area contributed by atoms with Crippen molar-refractivity contribution in [2.75, 3.05) is 0 Å². The fourth-order valence-electron chi connectivity index (χ4n) is 5.87. The fraction of sp³-hybridized carbons (Fsp3) is 0.848. The quantitative estimate of drug-likeness (QED) is 0.146. The molecular formula is C33H57F3O3. The number of allylic oxidation sites excluding steroid dienone is 2. The molecule has 3 aliphatic carbocycles. The van der Waals surface area contributed by atoms with Crippen LogP contribution in [-0.2, 0) is 14.2 Å². The van der Waals surface area contributed by atoms with Crippen molar-refractivity contribution in [1.29, 1.82) is 0 Å². The minimum atomic E-state index is -1.15. The van der Waals surface area contributed by atoms with E-state index in [4.69, 9.17) is 4.65 Å². The molecule has 3 aliphatic rings. The number of rotatable bonds is 5. The first-order valence-corrected chi connectivity index (χ1v) is 14.9. The van der Waals surface area contributed by atoms with Gasteiger partial charge < -0.3 is 0 Å². The molecule has 0 bridgehead atoms. The maximum atomic E-state index is 12.7. The molecule has 0 aromatic rings. The molecule has 0 radical (unpaired) electrons. The van der Waals surface area contributed by atoms with Gasteiger partial charge in [-0.15, -0.1) is 0 Å². The Hall–Kier alpha value is -1.39. The van der Waals surface area contributed by atoms with Crippen LogP contribution in [0, 0.1) is 53.0 Å². The molecule has 3 rings (SSSR count). The number of hydrogen-bond donors (Lipinski definition) is 0. The van der Waals surface area contributed by atoms with Crippen molar-refractivity contribution >= 4 is 12.1 Å². The zero-order valence-electron chi connectivity index (χ0n) is 26.2. The monoisotopic (exact) mass is 558 g/mol. The first-order valence-electron chi connectivity index (χ1n) is 14.9. The predicted molar refractivity (Wildman–Crippen MR) is 154 cm³/mol. The zero-order chi connectivity index (χ0) is 29.7. The van der Waals surface area contributed by atoms with Crippen LogP contribution < -0.4 is 0 Å². The van der Waals surface area contributed by atoms with Crippen LogP contribution in [0.25, 0.3) is 0 Å². The van der Waals surface area contributed by atoms with Gasteiger partial charge in [-0.3, -0.25) is 14.3 Å². The molecule has 3 nitrogen and oxygen atoms in total. The van der Waals surface area contributed by atoms with E-state index in [9.17, 15) is 18.4 Å². The molecule has 1 atom stereocenters. The van der Waals surface area contributed by atoms with Gasteiger partial charge >= 0.3 is 23.4 Å². The van der Waals surface area contributed by atoms with Gasteiger partial charge in [0.1, 0.15) is 0 Å². The Balaban J connectivity index is 0. The molecule has 0 saturated heterocycles. The molecule has 6 heteroatoms. The van der Waals surface area contributed by atoms with Crippen molar-refractivity contribution in [3.05, 3.63) is 18.3 Å². The summed E-state index contributed by atoms with van der Waals surface area (Å²) in [4.78, 5) is 21.5. The number of carbonyl (C=O) groups is 2. The Bertz CT molecular complexity index is 753. The average Bonchev–Trinajstić information content (AvgIpc) is 2.86. The number of carbonyl (C=O) groups excluding carboxylic acids is 2. The van der Waals surface area contributed by atoms with Crippen molar-refractivity contribution in [2.45, 2.75) is 133 Å². The average molecular weight is 559 g/mol. The van der Waals surface area contributed by atoms with E-state index in [1.807, 2.05) is 0 Å². The normalized spacial score (nSPS) is 28.6. The van der Waals surface area contributed by atoms with E-state index in [1.54, 1.807) is 26.3 Å². The fourth-order valence-corrected chi connectivity index (χ4v) is 5.87. The molecule has 1 unspecified atom stereocenters. The molecule has 39 heavy (non-hydrogen) atoms. The molecule has 228 valence electrons. The third-order valence-electron chi connectivity index (χ3n) is 9.72. The molecule has 0 aromatic heterocycles. The molecular weight excluding hydrogens is 501 g/mol. The third kappa shape index (κ3) is 13.7. The van der Waals surface area contributed by atoms with Gasteiger partial charge in [0.15, 0.2) is 0 Å². The second-order valence-corrected chi connectivity index (χ2v) is 13.7. The van der Waals surface area contributed by atoms with Gasteiger partial charge in [0.25, 0.3) is 0 Å². The third-order valence-corrected chi connectivity index (χ3v) is 9.72. The topological polar surface area (TPSA) is 54.0 Å². The summed E-state index contributed by atoms with van der Waals surface area (Å²) in [6.07, 6.45) is 14.2. The van der Waals surface area contributed by atoms with Gasteiger partial charge in [-0.2, -0.15) is 8.78 Å². The Morgan fingerprint density at radius 2 is 1.38 bits per heavy atom. The van der Waals surface area contributed by atoms with E-state index >= 15 is 0 Å². The minimum absolute atomic E-state index is 0. The maximum absolute atomic E-state index is 12.7. The van der Waals surface area contributed by atoms with Crippen molar-refractivity contribution in [2.24, 2.45) is 46.3 Å². The summed E-state index contributed by atoms with van der Waals surface area (Å²) in [5, 5.41) is 0. The first-order chi connectivity index (χ1) is 17.6. The molecule has 0 amide bonds. The summed E-state index contributed by atoms with van der Waals surface area (Å²) >= 11 is 0. The summed E-state index contributed by atoms with van der Waals surface area (Å²) in [6, 6.07) is -2.26. The van der Waals surface area contributed by atoms with Gasteiger partial charge in [0, 0.05) is 0 Å². The van der Waals surface area contributed by atoms with Crippen LogP contribution in [0.3, 0.4) is 0 Å². The Labute approximate surface area is 237 Å². The van der Waals surface area contributed by atoms with Crippen LogP contribution in [0.1, 0.15) is 133 Å². The molecule has 0 heterocycles. The SMILES string of the molecule is CC(C)C1CCC(C)(C(=O)F)CC1.CC1=CCC(C(C)C)CC1.CC1CCC(C(C)(C)C(=O)F)CC1.F.[C-]#[O+]. The van der Waals surface area contributed by atoms with Gasteiger partial charge in [-0.05, 0) is 121 Å². The van der Waals surface area contributed by atoms with E-state index in [1.165, 1.54) is 19.3 Å². The predicted octanol–water partition coefficient (Wildman–Crippen LogP) is 10.2. The molecule has 0 spiro atoms. The van der Waals surface area contributed by atoms with Gasteiger partial charge in [0.05, 0.1) is 10.8 Å². The second kappa shape index (κ2) is 18.9. The van der Waals surface area contributed by atoms with E-state index in [-0.39, 0.29) is 10.6 Å². The molecule has 2 saturated carbocycles. The number of hydrogen-bond acceptors (Lipinski definition) is 2. The van der Waals surface area contributed by atoms with Crippen LogP contribution in [0.4, 0.5) is 13.5 Å². The molecule has 2 fully saturated rings. The zero-order valence-corrected chi connectivity index (χ0v) is 26.2. The Morgan fingerprint density at radius 1 is 0.923 bits per heavy atom. The number of halogens is 3. The van der Waals surface area contributed by atoms with Gasteiger partial charge in [-0.25, -0.2) is 0 Å². The standard InChI is InChI=1S/2C11H19FO.C10H18.CO.FH/c1-8-4-6-9(7-5-8)11(2,3)10(12)13;1-8(2)9-4-6-11(3,7-5-9)10(12)13;1-8(2)10-6-4-9(3)5-7-10;1-2;/h2*8-9H,4-7H2,1-3H3;4,8,10H,5-7H2,1-3H3;;1H. The van der Waals surface area contributed by atoms with Crippen molar-refractivity contribution in [1.82, 2.24) is 0 Å². The summed E-state index contributed by atoms with van der Waals surface area (Å²) in [7, 11) is 0. The van der Waals surface area contributed by atoms with Crippen LogP contribution in [0.2, 0.25) is 0 Å². The van der Waals surface area contributed by atoms with Gasteiger partial charge in [0.2, 0.25) is 0 Å². The summed E-state index contributed by atoms with van der Waals surface area (Å²) in [6.45, 7) is 23.3. The first kappa shape index (κ1) is 39.8. The van der Waals surface area contributed by atoms with E-state index in [2.05, 4.69) is 54.3 Å². The molecule has 0 aromatic carbocycles. The van der Waals surface area contributed by atoms with Crippen LogP contribution >= 0.6 is 0 Å². The van der Waals surface area contributed by atoms with Crippen LogP contribution in [-0.4, -0.2) is 12.1 Å². The Kier molecular flexibility index (Phi) is 19.2. The second-order valence-electron chi connectivity index (χ2n) is 13.7. The Morgan fingerprint density at radius 3 is 1.72 bits per heavy atom. The van der Waals surface area contributed by atoms with Crippen LogP contribution in [0.5, 0.6) is 0 Å². The molecule has 0 N–H and O–H groups in total. The van der Waals surface area contributed by atoms with E-state index < -0.39 is 22.9 Å². The summed E-state index contributed by atoms with van der Waals surface area (Å²) in [5.41, 5.74) is 0.183. The molecule has 0 aliphatic heterocycles. The summed E-state index contributed by atoms with van der Waals surface area (Å²) in [5.74, 6) is 4.20. The van der Waals surface area contributed by atoms with Crippen molar-refractivity contribution in [3.63, 3.8) is 0 Å². The van der Waals surface area contributed by atoms with E-state index in [0.29, 0.717) is 11.8 Å². The summed E-state index contributed by atoms with van der Waals surface area (Å²) < 4.78 is 32.9. The van der Waals surface area contributed by atoms with Crippen LogP contribution in [0.15, 0.2) is 11.6 Å². The van der Waals surface area contributed by atoms with Crippen molar-refractivity contribution in [3.8, 4) is 0 Å².